The maximum atomic E-state index is 13.0. The standard InChI is InChI=1S/C30H32ClN3O2/c1-20(2)23-14-13-21(3)17-28(23)36-16-8-15-33-27-12-7-5-10-25(27)32-30(33)22-18-29(35)34(19-22)26-11-6-4-9-24(26)31/h4-7,9-14,17,20,22H,8,15-16,18-19H2,1-3H3. The topological polar surface area (TPSA) is 47.4 Å². The summed E-state index contributed by atoms with van der Waals surface area (Å²) in [6, 6.07) is 22.1. The van der Waals surface area contributed by atoms with Crippen LogP contribution in [0.4, 0.5) is 5.69 Å². The minimum atomic E-state index is 0.00593. The fourth-order valence-corrected chi connectivity index (χ4v) is 5.31. The summed E-state index contributed by atoms with van der Waals surface area (Å²) in [5.41, 5.74) is 5.25. The van der Waals surface area contributed by atoms with E-state index in [1.165, 1.54) is 11.1 Å². The normalized spacial score (nSPS) is 15.9. The van der Waals surface area contributed by atoms with E-state index in [0.717, 1.165) is 41.3 Å². The lowest BCUT2D eigenvalue weighted by Crippen LogP contribution is -2.24. The third-order valence-electron chi connectivity index (χ3n) is 6.89. The highest BCUT2D eigenvalue weighted by atomic mass is 35.5. The second-order valence-corrected chi connectivity index (χ2v) is 10.3. The number of aryl methyl sites for hydroxylation is 2. The first-order valence-electron chi connectivity index (χ1n) is 12.7. The van der Waals surface area contributed by atoms with Gasteiger partial charge in [0.05, 0.1) is 28.4 Å². The Labute approximate surface area is 217 Å². The van der Waals surface area contributed by atoms with Crippen molar-refractivity contribution in [3.63, 3.8) is 0 Å². The number of ether oxygens (including phenoxy) is 1. The molecule has 0 aliphatic carbocycles. The molecular weight excluding hydrogens is 470 g/mol. The van der Waals surface area contributed by atoms with Gasteiger partial charge in [0.15, 0.2) is 0 Å². The Balaban J connectivity index is 1.35. The van der Waals surface area contributed by atoms with Gasteiger partial charge in [0.1, 0.15) is 11.6 Å². The first kappa shape index (κ1) is 24.4. The number of hydrogen-bond donors (Lipinski definition) is 0. The fourth-order valence-electron chi connectivity index (χ4n) is 5.07. The van der Waals surface area contributed by atoms with Crippen LogP contribution in [0.3, 0.4) is 0 Å². The number of carbonyl (C=O) groups is 1. The van der Waals surface area contributed by atoms with E-state index in [-0.39, 0.29) is 11.8 Å². The van der Waals surface area contributed by atoms with Crippen LogP contribution in [0.25, 0.3) is 11.0 Å². The van der Waals surface area contributed by atoms with E-state index in [0.29, 0.717) is 30.5 Å². The third kappa shape index (κ3) is 4.85. The van der Waals surface area contributed by atoms with Crippen molar-refractivity contribution < 1.29 is 9.53 Å². The molecule has 1 saturated heterocycles. The van der Waals surface area contributed by atoms with Crippen molar-refractivity contribution in [2.45, 2.75) is 52.0 Å². The zero-order chi connectivity index (χ0) is 25.2. The Hall–Kier alpha value is -3.31. The molecular formula is C30H32ClN3O2. The van der Waals surface area contributed by atoms with Gasteiger partial charge in [-0.25, -0.2) is 4.98 Å². The average Bonchev–Trinajstić information content (AvgIpc) is 3.42. The molecule has 3 aromatic carbocycles. The van der Waals surface area contributed by atoms with Gasteiger partial charge >= 0.3 is 0 Å². The summed E-state index contributed by atoms with van der Waals surface area (Å²) in [6.45, 7) is 8.44. The molecule has 36 heavy (non-hydrogen) atoms. The second-order valence-electron chi connectivity index (χ2n) is 9.87. The van der Waals surface area contributed by atoms with Gasteiger partial charge in [-0.2, -0.15) is 0 Å². The van der Waals surface area contributed by atoms with Crippen molar-refractivity contribution >= 4 is 34.2 Å². The summed E-state index contributed by atoms with van der Waals surface area (Å²) in [7, 11) is 0. The summed E-state index contributed by atoms with van der Waals surface area (Å²) in [6.07, 6.45) is 1.26. The van der Waals surface area contributed by atoms with E-state index in [1.54, 1.807) is 4.90 Å². The second kappa shape index (κ2) is 10.4. The molecule has 1 aliphatic heterocycles. The number of para-hydroxylation sites is 3. The Morgan fingerprint density at radius 1 is 1.08 bits per heavy atom. The predicted octanol–water partition coefficient (Wildman–Crippen LogP) is 7.11. The Morgan fingerprint density at radius 2 is 1.86 bits per heavy atom. The van der Waals surface area contributed by atoms with Crippen LogP contribution in [0.15, 0.2) is 66.7 Å². The minimum Gasteiger partial charge on any atom is -0.493 e. The Kier molecular flexibility index (Phi) is 7.01. The van der Waals surface area contributed by atoms with Gasteiger partial charge in [0, 0.05) is 25.4 Å². The number of fused-ring (bicyclic) bond motifs is 1. The van der Waals surface area contributed by atoms with Gasteiger partial charge in [0.25, 0.3) is 0 Å². The number of rotatable bonds is 8. The van der Waals surface area contributed by atoms with Crippen LogP contribution in [-0.2, 0) is 11.3 Å². The number of nitrogens with zero attached hydrogens (tertiary/aromatic N) is 3. The summed E-state index contributed by atoms with van der Waals surface area (Å²) in [5.74, 6) is 2.42. The lowest BCUT2D eigenvalue weighted by molar-refractivity contribution is -0.117. The summed E-state index contributed by atoms with van der Waals surface area (Å²) >= 11 is 6.41. The van der Waals surface area contributed by atoms with E-state index in [2.05, 4.69) is 49.6 Å². The highest BCUT2D eigenvalue weighted by molar-refractivity contribution is 6.33. The molecule has 5 rings (SSSR count). The number of hydrogen-bond acceptors (Lipinski definition) is 3. The first-order chi connectivity index (χ1) is 17.4. The SMILES string of the molecule is Cc1ccc(C(C)C)c(OCCCn2c(C3CC(=O)N(c4ccccc4Cl)C3)nc3ccccc32)c1. The number of aromatic nitrogens is 2. The molecule has 0 bridgehead atoms. The van der Waals surface area contributed by atoms with Crippen molar-refractivity contribution in [3.8, 4) is 5.75 Å². The molecule has 1 aromatic heterocycles. The van der Waals surface area contributed by atoms with Crippen molar-refractivity contribution in [3.05, 3.63) is 88.7 Å². The molecule has 4 aromatic rings. The Bertz CT molecular complexity index is 1390. The van der Waals surface area contributed by atoms with Gasteiger partial charge < -0.3 is 14.2 Å². The lowest BCUT2D eigenvalue weighted by atomic mass is 10.0. The summed E-state index contributed by atoms with van der Waals surface area (Å²) in [5, 5.41) is 0.592. The number of carbonyl (C=O) groups excluding carboxylic acids is 1. The van der Waals surface area contributed by atoms with Crippen molar-refractivity contribution in [1.29, 1.82) is 0 Å². The van der Waals surface area contributed by atoms with Crippen LogP contribution in [0.2, 0.25) is 5.02 Å². The maximum Gasteiger partial charge on any atom is 0.227 e. The van der Waals surface area contributed by atoms with Crippen LogP contribution in [-0.4, -0.2) is 28.6 Å². The molecule has 1 fully saturated rings. The molecule has 186 valence electrons. The fraction of sp³-hybridized carbons (Fsp3) is 0.333. The number of benzene rings is 3. The Morgan fingerprint density at radius 3 is 2.67 bits per heavy atom. The minimum absolute atomic E-state index is 0.00593. The highest BCUT2D eigenvalue weighted by Crippen LogP contribution is 2.36. The van der Waals surface area contributed by atoms with E-state index in [1.807, 2.05) is 42.5 Å². The van der Waals surface area contributed by atoms with Crippen LogP contribution >= 0.6 is 11.6 Å². The van der Waals surface area contributed by atoms with Gasteiger partial charge in [-0.3, -0.25) is 4.79 Å². The highest BCUT2D eigenvalue weighted by Gasteiger charge is 2.35. The number of amides is 1. The average molecular weight is 502 g/mol. The summed E-state index contributed by atoms with van der Waals surface area (Å²) in [4.78, 5) is 19.8. The van der Waals surface area contributed by atoms with E-state index in [4.69, 9.17) is 21.3 Å². The van der Waals surface area contributed by atoms with Gasteiger partial charge in [-0.05, 0) is 60.7 Å². The molecule has 1 aliphatic rings. The maximum absolute atomic E-state index is 13.0. The number of halogens is 1. The van der Waals surface area contributed by atoms with Crippen LogP contribution in [0.1, 0.15) is 55.5 Å². The monoisotopic (exact) mass is 501 g/mol. The largest absolute Gasteiger partial charge is 0.493 e. The zero-order valence-electron chi connectivity index (χ0n) is 21.1. The quantitative estimate of drug-likeness (QED) is 0.242. The summed E-state index contributed by atoms with van der Waals surface area (Å²) < 4.78 is 8.52. The first-order valence-corrected chi connectivity index (χ1v) is 13.0. The molecule has 5 nitrogen and oxygen atoms in total. The predicted molar refractivity (Wildman–Crippen MR) is 146 cm³/mol. The molecule has 6 heteroatoms. The molecule has 0 spiro atoms. The number of anilines is 1. The van der Waals surface area contributed by atoms with Crippen LogP contribution in [0.5, 0.6) is 5.75 Å². The van der Waals surface area contributed by atoms with Crippen LogP contribution < -0.4 is 9.64 Å². The lowest BCUT2D eigenvalue weighted by Gasteiger charge is -2.19. The molecule has 2 heterocycles. The van der Waals surface area contributed by atoms with E-state index in [9.17, 15) is 4.79 Å². The van der Waals surface area contributed by atoms with Gasteiger partial charge in [0.2, 0.25) is 5.91 Å². The van der Waals surface area contributed by atoms with E-state index >= 15 is 0 Å². The molecule has 0 radical (unpaired) electrons. The van der Waals surface area contributed by atoms with Crippen molar-refractivity contribution in [2.24, 2.45) is 0 Å². The van der Waals surface area contributed by atoms with Crippen molar-refractivity contribution in [2.75, 3.05) is 18.1 Å². The smallest absolute Gasteiger partial charge is 0.227 e. The van der Waals surface area contributed by atoms with E-state index < -0.39 is 0 Å². The number of imidazole rings is 1. The molecule has 1 atom stereocenters. The molecule has 0 saturated carbocycles. The molecule has 1 unspecified atom stereocenters. The molecule has 0 N–H and O–H groups in total. The zero-order valence-corrected chi connectivity index (χ0v) is 21.8. The van der Waals surface area contributed by atoms with Crippen molar-refractivity contribution in [1.82, 2.24) is 9.55 Å². The van der Waals surface area contributed by atoms with Crippen LogP contribution in [0, 0.1) is 6.92 Å². The van der Waals surface area contributed by atoms with Gasteiger partial charge in [-0.1, -0.05) is 61.8 Å². The van der Waals surface area contributed by atoms with Gasteiger partial charge in [-0.15, -0.1) is 0 Å². The molecule has 1 amide bonds. The third-order valence-corrected chi connectivity index (χ3v) is 7.21.